The topological polar surface area (TPSA) is 80.0 Å². The Hall–Kier alpha value is -1.85. The molecule has 0 fully saturated rings. The number of anilines is 2. The minimum atomic E-state index is -0.308. The molecule has 19 heavy (non-hydrogen) atoms. The number of carbonyl (C=O) groups excluding carboxylic acids is 1. The number of hydrogen-bond acceptors (Lipinski definition) is 4. The molecule has 4 N–H and O–H groups in total. The molecule has 0 aliphatic heterocycles. The van der Waals surface area contributed by atoms with E-state index in [1.165, 1.54) is 0 Å². The van der Waals surface area contributed by atoms with Crippen LogP contribution in [0.5, 0.6) is 0 Å². The second-order valence-electron chi connectivity index (χ2n) is 4.27. The van der Waals surface area contributed by atoms with E-state index >= 15 is 0 Å². The lowest BCUT2D eigenvalue weighted by Crippen LogP contribution is -2.35. The highest BCUT2D eigenvalue weighted by Gasteiger charge is 2.12. The van der Waals surface area contributed by atoms with E-state index in [1.54, 1.807) is 32.2 Å². The molecule has 0 spiro atoms. The number of fused-ring (bicyclic) bond motifs is 1. The third-order valence-electron chi connectivity index (χ3n) is 2.86. The van der Waals surface area contributed by atoms with E-state index in [9.17, 15) is 4.79 Å². The van der Waals surface area contributed by atoms with Gasteiger partial charge < -0.3 is 16.4 Å². The van der Waals surface area contributed by atoms with Gasteiger partial charge in [0.25, 0.3) is 0 Å². The van der Waals surface area contributed by atoms with E-state index in [4.69, 9.17) is 17.3 Å². The van der Waals surface area contributed by atoms with Gasteiger partial charge in [0.05, 0.1) is 16.6 Å². The number of likely N-dealkylation sites (N-methyl/N-ethyl adjacent to an activating group) is 1. The summed E-state index contributed by atoms with van der Waals surface area (Å²) in [5, 5.41) is 6.89. The van der Waals surface area contributed by atoms with Crippen LogP contribution in [0, 0.1) is 0 Å². The van der Waals surface area contributed by atoms with Gasteiger partial charge in [-0.05, 0) is 32.2 Å². The molecule has 2 aromatic rings. The fourth-order valence-corrected chi connectivity index (χ4v) is 1.90. The zero-order valence-electron chi connectivity index (χ0n) is 10.7. The number of amides is 1. The number of rotatable bonds is 3. The summed E-state index contributed by atoms with van der Waals surface area (Å²) in [5.41, 5.74) is 6.97. The molecular formula is C13H15ClN4O. The Balaban J connectivity index is 2.37. The van der Waals surface area contributed by atoms with Gasteiger partial charge in [-0.3, -0.25) is 4.79 Å². The number of aromatic nitrogens is 1. The van der Waals surface area contributed by atoms with Crippen molar-refractivity contribution in [3.63, 3.8) is 0 Å². The number of halogens is 1. The van der Waals surface area contributed by atoms with Crippen LogP contribution in [0.1, 0.15) is 6.92 Å². The van der Waals surface area contributed by atoms with Crippen molar-refractivity contribution in [1.82, 2.24) is 10.3 Å². The lowest BCUT2D eigenvalue weighted by Gasteiger charge is -2.11. The second-order valence-corrected chi connectivity index (χ2v) is 4.67. The highest BCUT2D eigenvalue weighted by Crippen LogP contribution is 2.26. The first-order valence-corrected chi connectivity index (χ1v) is 6.23. The van der Waals surface area contributed by atoms with Gasteiger partial charge >= 0.3 is 0 Å². The minimum absolute atomic E-state index is 0.172. The number of benzene rings is 1. The number of hydrogen-bond donors (Lipinski definition) is 3. The number of nitrogens with two attached hydrogens (primary N) is 1. The predicted molar refractivity (Wildman–Crippen MR) is 78.3 cm³/mol. The summed E-state index contributed by atoms with van der Waals surface area (Å²) in [4.78, 5) is 16.1. The highest BCUT2D eigenvalue weighted by molar-refractivity contribution is 6.35. The number of nitrogens with one attached hydrogen (secondary N) is 2. The third-order valence-corrected chi connectivity index (χ3v) is 3.17. The Morgan fingerprint density at radius 2 is 2.16 bits per heavy atom. The molecule has 1 aromatic carbocycles. The van der Waals surface area contributed by atoms with Gasteiger partial charge in [-0.25, -0.2) is 4.98 Å². The van der Waals surface area contributed by atoms with Crippen molar-refractivity contribution < 1.29 is 4.79 Å². The lowest BCUT2D eigenvalue weighted by molar-refractivity contribution is -0.117. The first kappa shape index (κ1) is 13.6. The first-order valence-electron chi connectivity index (χ1n) is 5.85. The molecule has 0 radical (unpaired) electrons. The van der Waals surface area contributed by atoms with Crippen LogP contribution in [-0.4, -0.2) is 24.0 Å². The van der Waals surface area contributed by atoms with E-state index in [0.717, 1.165) is 5.39 Å². The van der Waals surface area contributed by atoms with Crippen molar-refractivity contribution in [2.24, 2.45) is 0 Å². The number of nitrogen functional groups attached to an aromatic ring is 1. The molecule has 1 heterocycles. The Labute approximate surface area is 116 Å². The maximum Gasteiger partial charge on any atom is 0.242 e. The standard InChI is InChI=1S/C13H15ClN4O/c1-7(16-2)13(19)18-12-6-10(14)9-4-3-8(15)5-11(9)17-12/h3-7,16H,15H2,1-2H3,(H,17,18,19). The van der Waals surface area contributed by atoms with Crippen LogP contribution >= 0.6 is 11.6 Å². The molecule has 0 aliphatic carbocycles. The fourth-order valence-electron chi connectivity index (χ4n) is 1.63. The van der Waals surface area contributed by atoms with Crippen molar-refractivity contribution in [1.29, 1.82) is 0 Å². The number of pyridine rings is 1. The summed E-state index contributed by atoms with van der Waals surface area (Å²) < 4.78 is 0. The number of carbonyl (C=O) groups is 1. The molecule has 1 aromatic heterocycles. The van der Waals surface area contributed by atoms with Crippen molar-refractivity contribution in [2.45, 2.75) is 13.0 Å². The maximum atomic E-state index is 11.8. The summed E-state index contributed by atoms with van der Waals surface area (Å²) in [7, 11) is 1.71. The summed E-state index contributed by atoms with van der Waals surface area (Å²) in [6.45, 7) is 1.76. The van der Waals surface area contributed by atoms with Gasteiger partial charge in [-0.15, -0.1) is 0 Å². The quantitative estimate of drug-likeness (QED) is 0.751. The molecule has 1 unspecified atom stereocenters. The maximum absolute atomic E-state index is 11.8. The van der Waals surface area contributed by atoms with Crippen LogP contribution in [0.15, 0.2) is 24.3 Å². The average molecular weight is 279 g/mol. The minimum Gasteiger partial charge on any atom is -0.399 e. The zero-order valence-corrected chi connectivity index (χ0v) is 11.5. The molecule has 0 saturated carbocycles. The van der Waals surface area contributed by atoms with Gasteiger partial charge in [-0.2, -0.15) is 0 Å². The van der Waals surface area contributed by atoms with E-state index < -0.39 is 0 Å². The Kier molecular flexibility index (Phi) is 3.87. The third kappa shape index (κ3) is 2.94. The monoisotopic (exact) mass is 278 g/mol. The largest absolute Gasteiger partial charge is 0.399 e. The van der Waals surface area contributed by atoms with Gasteiger partial charge in [0.2, 0.25) is 5.91 Å². The summed E-state index contributed by atoms with van der Waals surface area (Å²) in [6.07, 6.45) is 0. The van der Waals surface area contributed by atoms with E-state index in [2.05, 4.69) is 15.6 Å². The summed E-state index contributed by atoms with van der Waals surface area (Å²) >= 11 is 6.16. The summed E-state index contributed by atoms with van der Waals surface area (Å²) in [6, 6.07) is 6.61. The molecule has 2 rings (SSSR count). The van der Waals surface area contributed by atoms with Gasteiger partial charge in [-0.1, -0.05) is 11.6 Å². The van der Waals surface area contributed by atoms with Gasteiger partial charge in [0, 0.05) is 17.1 Å². The van der Waals surface area contributed by atoms with Gasteiger partial charge in [0.15, 0.2) is 0 Å². The SMILES string of the molecule is CNC(C)C(=O)Nc1cc(Cl)c2ccc(N)cc2n1. The molecule has 1 amide bonds. The fraction of sp³-hybridized carbons (Fsp3) is 0.231. The average Bonchev–Trinajstić information content (AvgIpc) is 2.37. The van der Waals surface area contributed by atoms with Crippen molar-refractivity contribution in [3.8, 4) is 0 Å². The van der Waals surface area contributed by atoms with E-state index in [1.807, 2.05) is 6.07 Å². The molecule has 0 bridgehead atoms. The molecule has 1 atom stereocenters. The molecule has 100 valence electrons. The van der Waals surface area contributed by atoms with Crippen LogP contribution in [0.3, 0.4) is 0 Å². The van der Waals surface area contributed by atoms with Gasteiger partial charge in [0.1, 0.15) is 5.82 Å². The highest BCUT2D eigenvalue weighted by atomic mass is 35.5. The van der Waals surface area contributed by atoms with Crippen LogP contribution in [-0.2, 0) is 4.79 Å². The van der Waals surface area contributed by atoms with E-state index in [0.29, 0.717) is 22.0 Å². The predicted octanol–water partition coefficient (Wildman–Crippen LogP) is 2.02. The molecule has 5 nitrogen and oxygen atoms in total. The summed E-state index contributed by atoms with van der Waals surface area (Å²) in [5.74, 6) is 0.240. The van der Waals surface area contributed by atoms with Crippen LogP contribution in [0.2, 0.25) is 5.02 Å². The Morgan fingerprint density at radius 1 is 1.42 bits per heavy atom. The molecular weight excluding hydrogens is 264 g/mol. The Bertz CT molecular complexity index is 629. The number of nitrogens with zero attached hydrogens (tertiary/aromatic N) is 1. The van der Waals surface area contributed by atoms with Crippen LogP contribution < -0.4 is 16.4 Å². The van der Waals surface area contributed by atoms with Crippen LogP contribution in [0.4, 0.5) is 11.5 Å². The van der Waals surface area contributed by atoms with Crippen molar-refractivity contribution in [2.75, 3.05) is 18.1 Å². The smallest absolute Gasteiger partial charge is 0.242 e. The lowest BCUT2D eigenvalue weighted by atomic mass is 10.2. The van der Waals surface area contributed by atoms with Crippen LogP contribution in [0.25, 0.3) is 10.9 Å². The normalized spacial score (nSPS) is 12.4. The molecule has 6 heteroatoms. The van der Waals surface area contributed by atoms with Crippen molar-refractivity contribution >= 4 is 39.9 Å². The molecule has 0 saturated heterocycles. The first-order chi connectivity index (χ1) is 9.01. The van der Waals surface area contributed by atoms with Crippen molar-refractivity contribution in [3.05, 3.63) is 29.3 Å². The zero-order chi connectivity index (χ0) is 14.0. The van der Waals surface area contributed by atoms with E-state index in [-0.39, 0.29) is 11.9 Å². The Morgan fingerprint density at radius 3 is 2.84 bits per heavy atom. The second kappa shape index (κ2) is 5.42. The molecule has 0 aliphatic rings.